The van der Waals surface area contributed by atoms with Crippen LogP contribution in [0.1, 0.15) is 38.3 Å². The van der Waals surface area contributed by atoms with Gasteiger partial charge in [0.1, 0.15) is 5.41 Å². The van der Waals surface area contributed by atoms with Crippen molar-refractivity contribution in [3.05, 3.63) is 48.5 Å². The molecule has 2 fully saturated rings. The van der Waals surface area contributed by atoms with Gasteiger partial charge in [0, 0.05) is 57.2 Å². The molecule has 2 aromatic rings. The van der Waals surface area contributed by atoms with Crippen molar-refractivity contribution in [2.24, 2.45) is 5.41 Å². The van der Waals surface area contributed by atoms with Crippen LogP contribution < -0.4 is 10.2 Å². The Kier molecular flexibility index (Phi) is 5.89. The number of piperidine rings is 2. The maximum absolute atomic E-state index is 13.7. The Labute approximate surface area is 183 Å². The number of likely N-dealkylation sites (N-methyl/N-ethyl adjacent to an activating group) is 1. The Hall–Kier alpha value is -3.03. The fraction of sp³-hybridized carbons (Fsp3) is 0.522. The average Bonchev–Trinajstić information content (AvgIpc) is 2.84. The van der Waals surface area contributed by atoms with Gasteiger partial charge in [-0.25, -0.2) is 9.97 Å². The van der Waals surface area contributed by atoms with E-state index in [9.17, 15) is 9.59 Å². The van der Waals surface area contributed by atoms with Gasteiger partial charge in [-0.2, -0.15) is 0 Å². The third-order valence-corrected chi connectivity index (χ3v) is 6.81. The minimum absolute atomic E-state index is 0.0788. The summed E-state index contributed by atoms with van der Waals surface area (Å²) in [5, 5.41) is 2.81. The van der Waals surface area contributed by atoms with Crippen molar-refractivity contribution in [1.82, 2.24) is 25.2 Å². The Bertz CT molecular complexity index is 914. The largest absolute Gasteiger partial charge is 0.358 e. The Balaban J connectivity index is 1.51. The van der Waals surface area contributed by atoms with Gasteiger partial charge in [-0.1, -0.05) is 13.0 Å². The SMILES string of the molecule is CNC(=O)[C@]1(c2ccccn2)CCCN(C(=O)C2(C)CCN(c3ncccn3)CC2)C1. The predicted octanol–water partition coefficient (Wildman–Crippen LogP) is 1.78. The molecule has 164 valence electrons. The molecule has 4 heterocycles. The molecule has 0 aromatic carbocycles. The number of hydrogen-bond donors (Lipinski definition) is 1. The standard InChI is InChI=1S/C23H30N6O2/c1-22(9-15-28(16-10-22)21-26-12-6-13-27-21)20(31)29-14-5-8-23(17-29,19(30)24-2)18-7-3-4-11-25-18/h3-4,6-7,11-13H,5,8-10,14-17H2,1-2H3,(H,24,30)/t23-/m1/s1. The highest BCUT2D eigenvalue weighted by molar-refractivity contribution is 5.90. The minimum atomic E-state index is -0.807. The van der Waals surface area contributed by atoms with E-state index in [1.165, 1.54) is 0 Å². The van der Waals surface area contributed by atoms with Gasteiger partial charge < -0.3 is 15.1 Å². The van der Waals surface area contributed by atoms with Crippen LogP contribution in [-0.2, 0) is 15.0 Å². The molecule has 4 rings (SSSR count). The van der Waals surface area contributed by atoms with Gasteiger partial charge in [0.05, 0.1) is 5.69 Å². The molecule has 31 heavy (non-hydrogen) atoms. The molecule has 8 heteroatoms. The van der Waals surface area contributed by atoms with Gasteiger partial charge in [0.25, 0.3) is 0 Å². The van der Waals surface area contributed by atoms with E-state index in [1.807, 2.05) is 23.1 Å². The van der Waals surface area contributed by atoms with Crippen molar-refractivity contribution < 1.29 is 9.59 Å². The van der Waals surface area contributed by atoms with Crippen LogP contribution in [0, 0.1) is 5.41 Å². The topological polar surface area (TPSA) is 91.3 Å². The van der Waals surface area contributed by atoms with Gasteiger partial charge >= 0.3 is 0 Å². The van der Waals surface area contributed by atoms with E-state index in [2.05, 4.69) is 32.1 Å². The summed E-state index contributed by atoms with van der Waals surface area (Å²) < 4.78 is 0. The summed E-state index contributed by atoms with van der Waals surface area (Å²) in [6.07, 6.45) is 8.12. The van der Waals surface area contributed by atoms with Crippen molar-refractivity contribution in [3.8, 4) is 0 Å². The molecule has 2 aliphatic heterocycles. The molecule has 1 atom stereocenters. The number of carbonyl (C=O) groups excluding carboxylic acids is 2. The molecule has 0 saturated carbocycles. The maximum atomic E-state index is 13.7. The van der Waals surface area contributed by atoms with E-state index in [0.717, 1.165) is 38.0 Å². The zero-order chi connectivity index (χ0) is 21.9. The number of nitrogens with one attached hydrogen (secondary N) is 1. The van der Waals surface area contributed by atoms with Crippen molar-refractivity contribution in [2.75, 3.05) is 38.1 Å². The molecule has 2 amide bonds. The van der Waals surface area contributed by atoms with Gasteiger partial charge in [0.2, 0.25) is 17.8 Å². The van der Waals surface area contributed by atoms with Crippen LogP contribution in [-0.4, -0.2) is 64.9 Å². The third-order valence-electron chi connectivity index (χ3n) is 6.81. The van der Waals surface area contributed by atoms with E-state index < -0.39 is 10.8 Å². The summed E-state index contributed by atoms with van der Waals surface area (Å²) in [7, 11) is 1.65. The molecule has 2 aliphatic rings. The van der Waals surface area contributed by atoms with Gasteiger partial charge in [-0.3, -0.25) is 14.6 Å². The van der Waals surface area contributed by atoms with Crippen molar-refractivity contribution in [1.29, 1.82) is 0 Å². The molecule has 0 radical (unpaired) electrons. The maximum Gasteiger partial charge on any atom is 0.233 e. The minimum Gasteiger partial charge on any atom is -0.358 e. The molecule has 0 aliphatic carbocycles. The number of carbonyl (C=O) groups is 2. The lowest BCUT2D eigenvalue weighted by atomic mass is 9.73. The summed E-state index contributed by atoms with van der Waals surface area (Å²) in [6, 6.07) is 7.44. The lowest BCUT2D eigenvalue weighted by Crippen LogP contribution is -2.59. The first-order valence-corrected chi connectivity index (χ1v) is 10.9. The van der Waals surface area contributed by atoms with Gasteiger partial charge in [-0.05, 0) is 43.9 Å². The van der Waals surface area contributed by atoms with Crippen LogP contribution in [0.15, 0.2) is 42.9 Å². The number of pyridine rings is 1. The number of hydrogen-bond acceptors (Lipinski definition) is 6. The number of likely N-dealkylation sites (tertiary alicyclic amines) is 1. The zero-order valence-corrected chi connectivity index (χ0v) is 18.3. The third kappa shape index (κ3) is 3.98. The highest BCUT2D eigenvalue weighted by Crippen LogP contribution is 2.38. The number of amides is 2. The van der Waals surface area contributed by atoms with E-state index in [4.69, 9.17) is 0 Å². The first-order valence-electron chi connectivity index (χ1n) is 10.9. The van der Waals surface area contributed by atoms with Crippen LogP contribution >= 0.6 is 0 Å². The number of rotatable bonds is 4. The lowest BCUT2D eigenvalue weighted by Gasteiger charge is -2.46. The molecule has 8 nitrogen and oxygen atoms in total. The van der Waals surface area contributed by atoms with Gasteiger partial charge in [-0.15, -0.1) is 0 Å². The molecule has 0 spiro atoms. The van der Waals surface area contributed by atoms with Gasteiger partial charge in [0.15, 0.2) is 0 Å². The summed E-state index contributed by atoms with van der Waals surface area (Å²) in [6.45, 7) is 4.56. The summed E-state index contributed by atoms with van der Waals surface area (Å²) in [5.74, 6) is 0.763. The van der Waals surface area contributed by atoms with E-state index in [-0.39, 0.29) is 11.8 Å². The van der Waals surface area contributed by atoms with E-state index in [0.29, 0.717) is 25.5 Å². The molecule has 2 saturated heterocycles. The van der Waals surface area contributed by atoms with Crippen LogP contribution in [0.25, 0.3) is 0 Å². The van der Waals surface area contributed by atoms with E-state index >= 15 is 0 Å². The van der Waals surface area contributed by atoms with Crippen molar-refractivity contribution in [3.63, 3.8) is 0 Å². The van der Waals surface area contributed by atoms with Crippen LogP contribution in [0.5, 0.6) is 0 Å². The zero-order valence-electron chi connectivity index (χ0n) is 18.3. The second kappa shape index (κ2) is 8.61. The quantitative estimate of drug-likeness (QED) is 0.808. The first kappa shape index (κ1) is 21.2. The Morgan fingerprint density at radius 3 is 2.32 bits per heavy atom. The smallest absolute Gasteiger partial charge is 0.233 e. The molecular weight excluding hydrogens is 392 g/mol. The monoisotopic (exact) mass is 422 g/mol. The van der Waals surface area contributed by atoms with Crippen molar-refractivity contribution >= 4 is 17.8 Å². The molecular formula is C23H30N6O2. The highest BCUT2D eigenvalue weighted by atomic mass is 16.2. The Morgan fingerprint density at radius 2 is 1.68 bits per heavy atom. The van der Waals surface area contributed by atoms with Crippen LogP contribution in [0.2, 0.25) is 0 Å². The normalized spacial score (nSPS) is 23.3. The average molecular weight is 423 g/mol. The molecule has 0 bridgehead atoms. The predicted molar refractivity (Wildman–Crippen MR) is 117 cm³/mol. The fourth-order valence-electron chi connectivity index (χ4n) is 4.88. The van der Waals surface area contributed by atoms with Crippen molar-refractivity contribution in [2.45, 2.75) is 38.0 Å². The van der Waals surface area contributed by atoms with Crippen LogP contribution in [0.3, 0.4) is 0 Å². The summed E-state index contributed by atoms with van der Waals surface area (Å²) >= 11 is 0. The summed E-state index contributed by atoms with van der Waals surface area (Å²) in [4.78, 5) is 43.9. The molecule has 0 unspecified atom stereocenters. The Morgan fingerprint density at radius 1 is 0.968 bits per heavy atom. The molecule has 1 N–H and O–H groups in total. The second-order valence-corrected chi connectivity index (χ2v) is 8.80. The number of anilines is 1. The number of aromatic nitrogens is 3. The first-order chi connectivity index (χ1) is 15.0. The van der Waals surface area contributed by atoms with Crippen LogP contribution in [0.4, 0.5) is 5.95 Å². The summed E-state index contributed by atoms with van der Waals surface area (Å²) in [5.41, 5.74) is -0.534. The fourth-order valence-corrected chi connectivity index (χ4v) is 4.88. The van der Waals surface area contributed by atoms with E-state index in [1.54, 1.807) is 31.7 Å². The highest BCUT2D eigenvalue weighted by Gasteiger charge is 2.48. The lowest BCUT2D eigenvalue weighted by molar-refractivity contribution is -0.146. The molecule has 2 aromatic heterocycles. The number of nitrogens with zero attached hydrogens (tertiary/aromatic N) is 5. The second-order valence-electron chi connectivity index (χ2n) is 8.80.